The molecule has 1 aromatic rings. The zero-order valence-corrected chi connectivity index (χ0v) is 12.0. The minimum Gasteiger partial charge on any atom is -0.353 e. The van der Waals surface area contributed by atoms with Gasteiger partial charge in [0.1, 0.15) is 5.82 Å². The maximum absolute atomic E-state index is 12.8. The molecule has 1 amide bonds. The summed E-state index contributed by atoms with van der Waals surface area (Å²) in [5.74, 6) is -0.970. The molecule has 1 N–H and O–H groups in total. The van der Waals surface area contributed by atoms with Crippen LogP contribution in [0.4, 0.5) is 4.39 Å². The Balaban J connectivity index is 1.88. The van der Waals surface area contributed by atoms with Crippen molar-refractivity contribution in [3.63, 3.8) is 0 Å². The number of hydrogen-bond acceptors (Lipinski definition) is 3. The SMILES string of the molecule is O=C(CCS(=O)(=O)c1ccc(F)cc1)NC1CCCC1. The standard InChI is InChI=1S/C14H18FNO3S/c15-11-5-7-13(8-6-11)20(18,19)10-9-14(17)16-12-3-1-2-4-12/h5-8,12H,1-4,9-10H2,(H,16,17). The van der Waals surface area contributed by atoms with Crippen LogP contribution in [-0.2, 0) is 14.6 Å². The normalized spacial score (nSPS) is 16.2. The van der Waals surface area contributed by atoms with Crippen LogP contribution in [0.5, 0.6) is 0 Å². The predicted molar refractivity (Wildman–Crippen MR) is 73.5 cm³/mol. The van der Waals surface area contributed by atoms with Gasteiger partial charge in [-0.05, 0) is 37.1 Å². The number of sulfone groups is 1. The summed E-state index contributed by atoms with van der Waals surface area (Å²) in [6.45, 7) is 0. The van der Waals surface area contributed by atoms with E-state index in [9.17, 15) is 17.6 Å². The summed E-state index contributed by atoms with van der Waals surface area (Å²) >= 11 is 0. The highest BCUT2D eigenvalue weighted by molar-refractivity contribution is 7.91. The van der Waals surface area contributed by atoms with E-state index in [2.05, 4.69) is 5.32 Å². The molecule has 1 aliphatic carbocycles. The van der Waals surface area contributed by atoms with Crippen molar-refractivity contribution < 1.29 is 17.6 Å². The molecule has 0 aliphatic heterocycles. The molecule has 0 saturated heterocycles. The third kappa shape index (κ3) is 4.03. The predicted octanol–water partition coefficient (Wildman–Crippen LogP) is 2.05. The lowest BCUT2D eigenvalue weighted by molar-refractivity contribution is -0.121. The number of halogens is 1. The van der Waals surface area contributed by atoms with Crippen molar-refractivity contribution in [1.82, 2.24) is 5.32 Å². The van der Waals surface area contributed by atoms with E-state index >= 15 is 0 Å². The molecule has 1 fully saturated rings. The number of hydrogen-bond donors (Lipinski definition) is 1. The van der Waals surface area contributed by atoms with E-state index in [1.807, 2.05) is 0 Å². The fraction of sp³-hybridized carbons (Fsp3) is 0.500. The Kier molecular flexibility index (Phi) is 4.75. The molecule has 110 valence electrons. The van der Waals surface area contributed by atoms with Crippen molar-refractivity contribution in [3.8, 4) is 0 Å². The van der Waals surface area contributed by atoms with Gasteiger partial charge >= 0.3 is 0 Å². The maximum atomic E-state index is 12.8. The van der Waals surface area contributed by atoms with E-state index in [1.165, 1.54) is 12.1 Å². The molecule has 1 saturated carbocycles. The Labute approximate surface area is 118 Å². The van der Waals surface area contributed by atoms with Crippen molar-refractivity contribution in [2.24, 2.45) is 0 Å². The molecular formula is C14H18FNO3S. The van der Waals surface area contributed by atoms with Gasteiger partial charge in [0.05, 0.1) is 10.6 Å². The second kappa shape index (κ2) is 6.35. The summed E-state index contributed by atoms with van der Waals surface area (Å²) in [7, 11) is -3.53. The largest absolute Gasteiger partial charge is 0.353 e. The second-order valence-corrected chi connectivity index (χ2v) is 7.18. The number of rotatable bonds is 5. The summed E-state index contributed by atoms with van der Waals surface area (Å²) in [6, 6.07) is 4.84. The first-order valence-electron chi connectivity index (χ1n) is 6.75. The van der Waals surface area contributed by atoms with Gasteiger partial charge in [-0.25, -0.2) is 12.8 Å². The number of nitrogens with one attached hydrogen (secondary N) is 1. The number of benzene rings is 1. The van der Waals surface area contributed by atoms with Gasteiger partial charge in [-0.1, -0.05) is 12.8 Å². The number of carbonyl (C=O) groups is 1. The van der Waals surface area contributed by atoms with Crippen LogP contribution in [0.2, 0.25) is 0 Å². The Hall–Kier alpha value is -1.43. The van der Waals surface area contributed by atoms with Gasteiger partial charge in [0, 0.05) is 12.5 Å². The van der Waals surface area contributed by atoms with Crippen LogP contribution >= 0.6 is 0 Å². The first-order valence-corrected chi connectivity index (χ1v) is 8.40. The van der Waals surface area contributed by atoms with Gasteiger partial charge in [0.25, 0.3) is 0 Å². The summed E-state index contributed by atoms with van der Waals surface area (Å²) in [6.07, 6.45) is 4.10. The zero-order chi connectivity index (χ0) is 14.6. The van der Waals surface area contributed by atoms with E-state index in [-0.39, 0.29) is 29.0 Å². The molecular weight excluding hydrogens is 281 g/mol. The van der Waals surface area contributed by atoms with Crippen LogP contribution < -0.4 is 5.32 Å². The van der Waals surface area contributed by atoms with Gasteiger partial charge in [0.15, 0.2) is 9.84 Å². The van der Waals surface area contributed by atoms with E-state index < -0.39 is 15.7 Å². The molecule has 6 heteroatoms. The van der Waals surface area contributed by atoms with Gasteiger partial charge in [-0.15, -0.1) is 0 Å². The monoisotopic (exact) mass is 299 g/mol. The molecule has 1 aromatic carbocycles. The Morgan fingerprint density at radius 3 is 2.40 bits per heavy atom. The highest BCUT2D eigenvalue weighted by Crippen LogP contribution is 2.18. The van der Waals surface area contributed by atoms with Gasteiger partial charge < -0.3 is 5.32 Å². The van der Waals surface area contributed by atoms with Gasteiger partial charge in [-0.2, -0.15) is 0 Å². The van der Waals surface area contributed by atoms with E-state index in [0.717, 1.165) is 37.8 Å². The lowest BCUT2D eigenvalue weighted by Crippen LogP contribution is -2.33. The molecule has 1 aliphatic rings. The molecule has 0 bridgehead atoms. The fourth-order valence-corrected chi connectivity index (χ4v) is 3.60. The first kappa shape index (κ1) is 15.0. The fourth-order valence-electron chi connectivity index (χ4n) is 2.36. The van der Waals surface area contributed by atoms with E-state index in [4.69, 9.17) is 0 Å². The third-order valence-corrected chi connectivity index (χ3v) is 5.22. The molecule has 20 heavy (non-hydrogen) atoms. The van der Waals surface area contributed by atoms with Crippen LogP contribution in [-0.4, -0.2) is 26.1 Å². The van der Waals surface area contributed by atoms with Crippen LogP contribution in [0.1, 0.15) is 32.1 Å². The summed E-state index contributed by atoms with van der Waals surface area (Å²) in [4.78, 5) is 11.7. The minimum atomic E-state index is -3.53. The summed E-state index contributed by atoms with van der Waals surface area (Å²) in [5.41, 5.74) is 0. The lowest BCUT2D eigenvalue weighted by Gasteiger charge is -2.11. The Bertz CT molecular complexity index is 563. The maximum Gasteiger partial charge on any atom is 0.221 e. The van der Waals surface area contributed by atoms with Crippen molar-refractivity contribution in [3.05, 3.63) is 30.1 Å². The molecule has 0 unspecified atom stereocenters. The van der Waals surface area contributed by atoms with Crippen molar-refractivity contribution in [2.75, 3.05) is 5.75 Å². The summed E-state index contributed by atoms with van der Waals surface area (Å²) in [5, 5.41) is 2.85. The zero-order valence-electron chi connectivity index (χ0n) is 11.1. The smallest absolute Gasteiger partial charge is 0.221 e. The average Bonchev–Trinajstić information content (AvgIpc) is 2.90. The molecule has 0 spiro atoms. The average molecular weight is 299 g/mol. The van der Waals surface area contributed by atoms with Crippen LogP contribution in [0.15, 0.2) is 29.2 Å². The van der Waals surface area contributed by atoms with E-state index in [1.54, 1.807) is 0 Å². The molecule has 4 nitrogen and oxygen atoms in total. The lowest BCUT2D eigenvalue weighted by atomic mass is 10.2. The Morgan fingerprint density at radius 1 is 1.20 bits per heavy atom. The second-order valence-electron chi connectivity index (χ2n) is 5.07. The van der Waals surface area contributed by atoms with E-state index in [0.29, 0.717) is 0 Å². The van der Waals surface area contributed by atoms with Crippen LogP contribution in [0.3, 0.4) is 0 Å². The molecule has 0 radical (unpaired) electrons. The van der Waals surface area contributed by atoms with Crippen LogP contribution in [0, 0.1) is 5.82 Å². The van der Waals surface area contributed by atoms with Crippen LogP contribution in [0.25, 0.3) is 0 Å². The number of amides is 1. The quantitative estimate of drug-likeness (QED) is 0.846. The Morgan fingerprint density at radius 2 is 1.80 bits per heavy atom. The summed E-state index contributed by atoms with van der Waals surface area (Å²) < 4.78 is 36.7. The van der Waals surface area contributed by atoms with Crippen molar-refractivity contribution >= 4 is 15.7 Å². The highest BCUT2D eigenvalue weighted by atomic mass is 32.2. The highest BCUT2D eigenvalue weighted by Gasteiger charge is 2.20. The van der Waals surface area contributed by atoms with Crippen molar-refractivity contribution in [2.45, 2.75) is 43.0 Å². The van der Waals surface area contributed by atoms with Gasteiger partial charge in [-0.3, -0.25) is 4.79 Å². The molecule has 0 atom stereocenters. The van der Waals surface area contributed by atoms with Gasteiger partial charge in [0.2, 0.25) is 5.91 Å². The molecule has 0 heterocycles. The topological polar surface area (TPSA) is 63.2 Å². The third-order valence-electron chi connectivity index (χ3n) is 3.49. The minimum absolute atomic E-state index is 0.0487. The molecule has 0 aromatic heterocycles. The number of carbonyl (C=O) groups excluding carboxylic acids is 1. The van der Waals surface area contributed by atoms with Crippen molar-refractivity contribution in [1.29, 1.82) is 0 Å². The molecule has 2 rings (SSSR count). The first-order chi connectivity index (χ1) is 9.47.